The molecule has 0 aromatic carbocycles. The van der Waals surface area contributed by atoms with Gasteiger partial charge in [0.1, 0.15) is 0 Å². The number of piperidine rings is 1. The van der Waals surface area contributed by atoms with Crippen molar-refractivity contribution in [1.29, 1.82) is 0 Å². The molecule has 1 atom stereocenters. The van der Waals surface area contributed by atoms with Crippen molar-refractivity contribution >= 4 is 24.2 Å². The number of nitrogens with two attached hydrogens (primary N) is 1. The molecule has 1 aliphatic heterocycles. The van der Waals surface area contributed by atoms with E-state index >= 15 is 0 Å². The molecule has 124 valence electrons. The van der Waals surface area contributed by atoms with Gasteiger partial charge in [-0.2, -0.15) is 0 Å². The van der Waals surface area contributed by atoms with Crippen molar-refractivity contribution in [3.8, 4) is 0 Å². The Hall–Kier alpha value is -0.810. The fourth-order valence-corrected chi connectivity index (χ4v) is 2.37. The first-order valence-electron chi connectivity index (χ1n) is 7.60. The molecule has 0 aromatic heterocycles. The van der Waals surface area contributed by atoms with Gasteiger partial charge in [0, 0.05) is 31.5 Å². The maximum absolute atomic E-state index is 12.0. The van der Waals surface area contributed by atoms with Crippen molar-refractivity contribution in [1.82, 2.24) is 10.2 Å². The fourth-order valence-electron chi connectivity index (χ4n) is 2.37. The van der Waals surface area contributed by atoms with Crippen molar-refractivity contribution in [3.63, 3.8) is 0 Å². The molecule has 1 aliphatic rings. The lowest BCUT2D eigenvalue weighted by molar-refractivity contribution is -0.133. The number of nitrogens with one attached hydrogen (secondary N) is 1. The van der Waals surface area contributed by atoms with Crippen molar-refractivity contribution in [2.75, 3.05) is 26.2 Å². The van der Waals surface area contributed by atoms with Crippen LogP contribution in [-0.4, -0.2) is 42.9 Å². The first-order valence-corrected chi connectivity index (χ1v) is 7.60. The van der Waals surface area contributed by atoms with E-state index in [0.717, 1.165) is 32.4 Å². The fraction of sp³-hybridized carbons (Fsp3) is 0.867. The molecule has 1 rings (SSSR count). The highest BCUT2D eigenvalue weighted by Crippen LogP contribution is 2.18. The second-order valence-corrected chi connectivity index (χ2v) is 6.70. The Kier molecular flexibility index (Phi) is 8.90. The van der Waals surface area contributed by atoms with Crippen molar-refractivity contribution < 1.29 is 9.59 Å². The number of amides is 2. The summed E-state index contributed by atoms with van der Waals surface area (Å²) < 4.78 is 0. The lowest BCUT2D eigenvalue weighted by Gasteiger charge is -2.33. The number of likely N-dealkylation sites (tertiary alicyclic amines) is 1. The summed E-state index contributed by atoms with van der Waals surface area (Å²) in [5.41, 5.74) is 5.08. The van der Waals surface area contributed by atoms with Gasteiger partial charge in [0.25, 0.3) is 0 Å². The highest BCUT2D eigenvalue weighted by Gasteiger charge is 2.26. The molecule has 1 unspecified atom stereocenters. The van der Waals surface area contributed by atoms with Crippen molar-refractivity contribution in [2.24, 2.45) is 17.1 Å². The predicted molar refractivity (Wildman–Crippen MR) is 87.3 cm³/mol. The maximum Gasteiger partial charge on any atom is 0.225 e. The highest BCUT2D eigenvalue weighted by molar-refractivity contribution is 5.85. The standard InChI is InChI=1S/C15H29N3O2.ClH/c1-15(2,3)14(20)17-10-12-6-5-9-18(11-12)13(19)7-4-8-16;/h12H,4-11,16H2,1-3H3,(H,17,20);1H. The van der Waals surface area contributed by atoms with Gasteiger partial charge in [-0.05, 0) is 31.7 Å². The number of hydrogen-bond acceptors (Lipinski definition) is 3. The molecule has 0 radical (unpaired) electrons. The van der Waals surface area contributed by atoms with E-state index in [2.05, 4.69) is 5.32 Å². The molecule has 0 spiro atoms. The van der Waals surface area contributed by atoms with E-state index in [9.17, 15) is 9.59 Å². The van der Waals surface area contributed by atoms with Gasteiger partial charge in [0.05, 0.1) is 0 Å². The minimum absolute atomic E-state index is 0. The van der Waals surface area contributed by atoms with E-state index < -0.39 is 0 Å². The molecule has 21 heavy (non-hydrogen) atoms. The van der Waals surface area contributed by atoms with Crippen LogP contribution in [0, 0.1) is 11.3 Å². The minimum atomic E-state index is -0.356. The van der Waals surface area contributed by atoms with Crippen LogP contribution in [-0.2, 0) is 9.59 Å². The Balaban J connectivity index is 0.00000400. The van der Waals surface area contributed by atoms with E-state index in [-0.39, 0.29) is 29.6 Å². The Bertz CT molecular complexity index is 342. The van der Waals surface area contributed by atoms with Crippen LogP contribution in [0.2, 0.25) is 0 Å². The summed E-state index contributed by atoms with van der Waals surface area (Å²) in [7, 11) is 0. The van der Waals surface area contributed by atoms with Gasteiger partial charge in [-0.3, -0.25) is 9.59 Å². The zero-order chi connectivity index (χ0) is 15.2. The average molecular weight is 320 g/mol. The molecule has 1 fully saturated rings. The molecular weight excluding hydrogens is 290 g/mol. The summed E-state index contributed by atoms with van der Waals surface area (Å²) >= 11 is 0. The molecule has 0 saturated carbocycles. The summed E-state index contributed by atoms with van der Waals surface area (Å²) in [6.45, 7) is 8.55. The quantitative estimate of drug-likeness (QED) is 0.807. The van der Waals surface area contributed by atoms with Crippen LogP contribution in [0.15, 0.2) is 0 Å². The Morgan fingerprint density at radius 3 is 2.57 bits per heavy atom. The number of carbonyl (C=O) groups is 2. The Morgan fingerprint density at radius 2 is 2.00 bits per heavy atom. The molecule has 2 amide bonds. The third-order valence-electron chi connectivity index (χ3n) is 3.70. The van der Waals surface area contributed by atoms with Crippen molar-refractivity contribution in [2.45, 2.75) is 46.5 Å². The molecule has 6 heteroatoms. The van der Waals surface area contributed by atoms with Crippen LogP contribution in [0.3, 0.4) is 0 Å². The summed E-state index contributed by atoms with van der Waals surface area (Å²) in [5.74, 6) is 0.642. The van der Waals surface area contributed by atoms with Gasteiger partial charge in [0.15, 0.2) is 0 Å². The normalized spacial score (nSPS) is 18.9. The second kappa shape index (κ2) is 9.26. The third kappa shape index (κ3) is 7.14. The van der Waals surface area contributed by atoms with Crippen LogP contribution >= 0.6 is 12.4 Å². The van der Waals surface area contributed by atoms with E-state index in [0.29, 0.717) is 25.4 Å². The SMILES string of the molecule is CC(C)(C)C(=O)NCC1CCCN(C(=O)CCCN)C1.Cl. The molecule has 0 aliphatic carbocycles. The first-order chi connectivity index (χ1) is 9.34. The maximum atomic E-state index is 12.0. The number of hydrogen-bond donors (Lipinski definition) is 2. The summed E-state index contributed by atoms with van der Waals surface area (Å²) in [6.07, 6.45) is 3.38. The van der Waals surface area contributed by atoms with Crippen LogP contribution in [0.5, 0.6) is 0 Å². The lowest BCUT2D eigenvalue weighted by Crippen LogP contribution is -2.45. The Labute approximate surface area is 134 Å². The van der Waals surface area contributed by atoms with Gasteiger partial charge in [-0.15, -0.1) is 12.4 Å². The molecule has 1 saturated heterocycles. The van der Waals surface area contributed by atoms with Gasteiger partial charge in [-0.25, -0.2) is 0 Å². The highest BCUT2D eigenvalue weighted by atomic mass is 35.5. The number of carbonyl (C=O) groups excluding carboxylic acids is 2. The average Bonchev–Trinajstić information content (AvgIpc) is 2.41. The van der Waals surface area contributed by atoms with Crippen LogP contribution in [0.4, 0.5) is 0 Å². The molecule has 0 aromatic rings. The lowest BCUT2D eigenvalue weighted by atomic mass is 9.94. The number of halogens is 1. The predicted octanol–water partition coefficient (Wildman–Crippen LogP) is 1.55. The van der Waals surface area contributed by atoms with E-state index in [1.165, 1.54) is 0 Å². The molecule has 5 nitrogen and oxygen atoms in total. The van der Waals surface area contributed by atoms with Gasteiger partial charge in [0.2, 0.25) is 11.8 Å². The van der Waals surface area contributed by atoms with Crippen molar-refractivity contribution in [3.05, 3.63) is 0 Å². The monoisotopic (exact) mass is 319 g/mol. The second-order valence-electron chi connectivity index (χ2n) is 6.70. The van der Waals surface area contributed by atoms with E-state index in [1.54, 1.807) is 0 Å². The van der Waals surface area contributed by atoms with Gasteiger partial charge >= 0.3 is 0 Å². The van der Waals surface area contributed by atoms with Gasteiger partial charge in [-0.1, -0.05) is 20.8 Å². The van der Waals surface area contributed by atoms with E-state index in [4.69, 9.17) is 5.73 Å². The zero-order valence-corrected chi connectivity index (χ0v) is 14.3. The minimum Gasteiger partial charge on any atom is -0.355 e. The van der Waals surface area contributed by atoms with E-state index in [1.807, 2.05) is 25.7 Å². The van der Waals surface area contributed by atoms with Crippen LogP contribution < -0.4 is 11.1 Å². The van der Waals surface area contributed by atoms with Gasteiger partial charge < -0.3 is 16.0 Å². The van der Waals surface area contributed by atoms with Crippen LogP contribution in [0.1, 0.15) is 46.5 Å². The summed E-state index contributed by atoms with van der Waals surface area (Å²) in [5, 5.41) is 3.00. The molecular formula is C15H30ClN3O2. The summed E-state index contributed by atoms with van der Waals surface area (Å²) in [6, 6.07) is 0. The number of nitrogens with zero attached hydrogens (tertiary/aromatic N) is 1. The largest absolute Gasteiger partial charge is 0.355 e. The third-order valence-corrected chi connectivity index (χ3v) is 3.70. The smallest absolute Gasteiger partial charge is 0.225 e. The van der Waals surface area contributed by atoms with Crippen LogP contribution in [0.25, 0.3) is 0 Å². The molecule has 3 N–H and O–H groups in total. The molecule has 1 heterocycles. The topological polar surface area (TPSA) is 75.4 Å². The summed E-state index contributed by atoms with van der Waals surface area (Å²) in [4.78, 5) is 25.8. The Morgan fingerprint density at radius 1 is 1.33 bits per heavy atom. The number of rotatable bonds is 5. The molecule has 0 bridgehead atoms. The zero-order valence-electron chi connectivity index (χ0n) is 13.5. The first kappa shape index (κ1) is 20.2.